The molecule has 8 nitrogen and oxygen atoms in total. The quantitative estimate of drug-likeness (QED) is 0.455. The van der Waals surface area contributed by atoms with Crippen LogP contribution in [0.2, 0.25) is 0 Å². The Morgan fingerprint density at radius 2 is 1.74 bits per heavy atom. The maximum absolute atomic E-state index is 14.4. The standard InChI is InChI=1S/C24H20F2N4O4/c25-16-2-1-3-17(26)21(16)19-12-18(22-20(30(19)33)13-27-23(22)31)28-15-6-4-14(5-7-15)24(32)29-8-10-34-11-9-29/h1-7,12,28H,8-11,13H2,(H,27,31). The molecule has 2 aromatic carbocycles. The van der Waals surface area contributed by atoms with Crippen molar-refractivity contribution in [3.63, 3.8) is 0 Å². The van der Waals surface area contributed by atoms with E-state index in [0.717, 1.165) is 12.1 Å². The van der Waals surface area contributed by atoms with Gasteiger partial charge in [0.15, 0.2) is 0 Å². The number of carbonyl (C=O) groups excluding carboxylic acids is 2. The minimum atomic E-state index is -0.890. The van der Waals surface area contributed by atoms with E-state index in [1.165, 1.54) is 12.1 Å². The van der Waals surface area contributed by atoms with Crippen molar-refractivity contribution in [1.29, 1.82) is 0 Å². The van der Waals surface area contributed by atoms with Crippen molar-refractivity contribution in [3.8, 4) is 11.3 Å². The molecule has 1 fully saturated rings. The lowest BCUT2D eigenvalue weighted by Crippen LogP contribution is -2.40. The van der Waals surface area contributed by atoms with Crippen LogP contribution in [0, 0.1) is 16.8 Å². The molecule has 34 heavy (non-hydrogen) atoms. The van der Waals surface area contributed by atoms with E-state index in [4.69, 9.17) is 4.74 Å². The highest BCUT2D eigenvalue weighted by atomic mass is 19.1. The van der Waals surface area contributed by atoms with Gasteiger partial charge in [0.25, 0.3) is 11.8 Å². The van der Waals surface area contributed by atoms with E-state index in [-0.39, 0.29) is 35.1 Å². The maximum atomic E-state index is 14.4. The van der Waals surface area contributed by atoms with E-state index in [0.29, 0.717) is 42.3 Å². The summed E-state index contributed by atoms with van der Waals surface area (Å²) in [5.41, 5.74) is 0.679. The van der Waals surface area contributed by atoms with Crippen LogP contribution in [0.3, 0.4) is 0 Å². The first kappa shape index (κ1) is 21.8. The van der Waals surface area contributed by atoms with Gasteiger partial charge in [0.1, 0.15) is 29.3 Å². The number of carbonyl (C=O) groups is 2. The summed E-state index contributed by atoms with van der Waals surface area (Å²) in [5.74, 6) is -2.36. The normalized spacial score (nSPS) is 15.1. The zero-order valence-electron chi connectivity index (χ0n) is 17.9. The number of hydrogen-bond donors (Lipinski definition) is 2. The number of halogens is 2. The minimum absolute atomic E-state index is 0.0618. The van der Waals surface area contributed by atoms with Gasteiger partial charge in [-0.1, -0.05) is 6.07 Å². The number of pyridine rings is 1. The van der Waals surface area contributed by atoms with Gasteiger partial charge in [0.05, 0.1) is 18.9 Å². The Morgan fingerprint density at radius 3 is 2.41 bits per heavy atom. The number of benzene rings is 2. The third-order valence-electron chi connectivity index (χ3n) is 5.87. The number of fused-ring (bicyclic) bond motifs is 1. The molecule has 0 unspecified atom stereocenters. The van der Waals surface area contributed by atoms with Crippen LogP contribution in [0.15, 0.2) is 48.5 Å². The van der Waals surface area contributed by atoms with Crippen LogP contribution in [0.1, 0.15) is 26.4 Å². The summed E-state index contributed by atoms with van der Waals surface area (Å²) in [5, 5.41) is 18.5. The van der Waals surface area contributed by atoms with Gasteiger partial charge in [-0.15, -0.1) is 0 Å². The van der Waals surface area contributed by atoms with Crippen molar-refractivity contribution >= 4 is 23.2 Å². The lowest BCUT2D eigenvalue weighted by Gasteiger charge is -2.26. The first-order valence-electron chi connectivity index (χ1n) is 10.7. The summed E-state index contributed by atoms with van der Waals surface area (Å²) in [6.07, 6.45) is 0. The highest BCUT2D eigenvalue weighted by Crippen LogP contribution is 2.32. The van der Waals surface area contributed by atoms with E-state index in [2.05, 4.69) is 10.6 Å². The average molecular weight is 466 g/mol. The number of anilines is 2. The lowest BCUT2D eigenvalue weighted by atomic mass is 10.0. The van der Waals surface area contributed by atoms with Crippen molar-refractivity contribution in [2.45, 2.75) is 6.54 Å². The second kappa shape index (κ2) is 8.71. The Hall–Kier alpha value is -4.05. The predicted octanol–water partition coefficient (Wildman–Crippen LogP) is 2.72. The van der Waals surface area contributed by atoms with Gasteiger partial charge in [-0.05, 0) is 36.4 Å². The van der Waals surface area contributed by atoms with Crippen LogP contribution in [0.4, 0.5) is 20.2 Å². The Morgan fingerprint density at radius 1 is 1.06 bits per heavy atom. The smallest absolute Gasteiger partial charge is 0.260 e. The lowest BCUT2D eigenvalue weighted by molar-refractivity contribution is -0.602. The molecule has 0 spiro atoms. The Kier molecular flexibility index (Phi) is 5.58. The summed E-state index contributed by atoms with van der Waals surface area (Å²) >= 11 is 0. The van der Waals surface area contributed by atoms with Crippen LogP contribution in [-0.2, 0) is 11.3 Å². The molecule has 3 heterocycles. The fourth-order valence-electron chi connectivity index (χ4n) is 4.15. The molecule has 1 aromatic heterocycles. The van der Waals surface area contributed by atoms with E-state index in [1.54, 1.807) is 29.2 Å². The molecule has 5 rings (SSSR count). The SMILES string of the molecule is O=C1NCc2c1c(Nc1ccc(C(=O)N3CCOCC3)cc1)cc(-c1c(F)cccc1F)[n+]2[O-]. The van der Waals surface area contributed by atoms with Gasteiger partial charge in [0, 0.05) is 30.4 Å². The monoisotopic (exact) mass is 466 g/mol. The Balaban J connectivity index is 1.50. The van der Waals surface area contributed by atoms with Crippen LogP contribution < -0.4 is 15.4 Å². The van der Waals surface area contributed by atoms with Gasteiger partial charge in [0.2, 0.25) is 11.4 Å². The van der Waals surface area contributed by atoms with Crippen molar-refractivity contribution in [1.82, 2.24) is 10.2 Å². The molecule has 0 bridgehead atoms. The van der Waals surface area contributed by atoms with Gasteiger partial charge < -0.3 is 25.5 Å². The fourth-order valence-corrected chi connectivity index (χ4v) is 4.15. The van der Waals surface area contributed by atoms with Crippen molar-refractivity contribution in [2.75, 3.05) is 31.6 Å². The summed E-state index contributed by atoms with van der Waals surface area (Å²) < 4.78 is 34.5. The molecule has 3 aromatic rings. The number of aromatic nitrogens is 1. The van der Waals surface area contributed by atoms with Crippen LogP contribution >= 0.6 is 0 Å². The summed E-state index contributed by atoms with van der Waals surface area (Å²) in [4.78, 5) is 26.8. The van der Waals surface area contributed by atoms with Crippen molar-refractivity contribution < 1.29 is 27.8 Å². The van der Waals surface area contributed by atoms with Crippen LogP contribution in [0.25, 0.3) is 11.3 Å². The topological polar surface area (TPSA) is 97.6 Å². The Labute approximate surface area is 193 Å². The predicted molar refractivity (Wildman–Crippen MR) is 118 cm³/mol. The van der Waals surface area contributed by atoms with Crippen LogP contribution in [0.5, 0.6) is 0 Å². The molecule has 0 aliphatic carbocycles. The van der Waals surface area contributed by atoms with Gasteiger partial charge >= 0.3 is 0 Å². The molecule has 10 heteroatoms. The number of nitrogens with one attached hydrogen (secondary N) is 2. The third-order valence-corrected chi connectivity index (χ3v) is 5.87. The molecule has 0 saturated carbocycles. The summed E-state index contributed by atoms with van der Waals surface area (Å²) in [7, 11) is 0. The molecule has 2 aliphatic rings. The second-order valence-electron chi connectivity index (χ2n) is 7.95. The zero-order chi connectivity index (χ0) is 23.8. The molecule has 174 valence electrons. The molecule has 0 radical (unpaired) electrons. The highest BCUT2D eigenvalue weighted by Gasteiger charge is 2.34. The first-order valence-corrected chi connectivity index (χ1v) is 10.7. The molecular weight excluding hydrogens is 446 g/mol. The number of nitrogens with zero attached hydrogens (tertiary/aromatic N) is 2. The first-order chi connectivity index (χ1) is 16.4. The Bertz CT molecular complexity index is 1270. The fraction of sp³-hybridized carbons (Fsp3) is 0.208. The van der Waals surface area contributed by atoms with Crippen LogP contribution in [-0.4, -0.2) is 43.0 Å². The summed E-state index contributed by atoms with van der Waals surface area (Å²) in [6.45, 7) is 1.97. The van der Waals surface area contributed by atoms with Gasteiger partial charge in [-0.3, -0.25) is 9.59 Å². The van der Waals surface area contributed by atoms with Gasteiger partial charge in [-0.25, -0.2) is 8.78 Å². The van der Waals surface area contributed by atoms with E-state index in [9.17, 15) is 23.6 Å². The summed E-state index contributed by atoms with van der Waals surface area (Å²) in [6, 6.07) is 11.2. The number of ether oxygens (including phenoxy) is 1. The molecule has 2 N–H and O–H groups in total. The van der Waals surface area contributed by atoms with Gasteiger partial charge in [-0.2, -0.15) is 4.73 Å². The maximum Gasteiger partial charge on any atom is 0.260 e. The molecule has 0 atom stereocenters. The highest BCUT2D eigenvalue weighted by molar-refractivity contribution is 6.03. The molecule has 2 amide bonds. The zero-order valence-corrected chi connectivity index (χ0v) is 17.9. The average Bonchev–Trinajstić information content (AvgIpc) is 3.24. The van der Waals surface area contributed by atoms with E-state index in [1.807, 2.05) is 0 Å². The van der Waals surface area contributed by atoms with Crippen molar-refractivity contribution in [3.05, 3.63) is 82.2 Å². The number of morpholine rings is 1. The minimum Gasteiger partial charge on any atom is -0.618 e. The largest absolute Gasteiger partial charge is 0.618 e. The molecule has 1 saturated heterocycles. The number of amides is 2. The molecular formula is C24H20F2N4O4. The molecule has 2 aliphatic heterocycles. The number of hydrogen-bond acceptors (Lipinski definition) is 5. The van der Waals surface area contributed by atoms with E-state index < -0.39 is 23.1 Å². The third kappa shape index (κ3) is 3.81. The van der Waals surface area contributed by atoms with E-state index >= 15 is 0 Å². The number of rotatable bonds is 4. The van der Waals surface area contributed by atoms with Crippen molar-refractivity contribution in [2.24, 2.45) is 0 Å². The second-order valence-corrected chi connectivity index (χ2v) is 7.95.